The van der Waals surface area contributed by atoms with E-state index in [-0.39, 0.29) is 97.7 Å². The Hall–Kier alpha value is -7.41. The van der Waals surface area contributed by atoms with Crippen molar-refractivity contribution in [2.45, 2.75) is 157 Å². The second-order valence-corrected chi connectivity index (χ2v) is 34.2. The molecule has 6 aliphatic heterocycles. The Labute approximate surface area is 658 Å². The zero-order valence-electron chi connectivity index (χ0n) is 60.3. The maximum atomic E-state index is 13.7. The van der Waals surface area contributed by atoms with E-state index in [9.17, 15) is 34.5 Å². The fourth-order valence-electron chi connectivity index (χ4n) is 18.7. The lowest BCUT2D eigenvalue weighted by atomic mass is 9.59. The Morgan fingerprint density at radius 2 is 0.860 bits per heavy atom. The summed E-state index contributed by atoms with van der Waals surface area (Å²) in [6, 6.07) is 26.0. The number of nitrogens with zero attached hydrogens (tertiary/aromatic N) is 6. The number of carbonyl (C=O) groups is 4. The molecule has 12 atom stereocenters. The van der Waals surface area contributed by atoms with Crippen LogP contribution < -0.4 is 28.4 Å². The standard InChI is InChI=1S/C30H31BrN2O5S.C25H27BrN2O6S.C24H27BrN2O5S/c1-18-11-21(32-37-17-19-7-4-3-5-8-19)13-25-30(18)14-22(16-34)33(29(35)24-9-6-10-39-24)15-20-12-23(36-2)27(31)28(38-25)26(20)30;1-13-6-15(27-10-20(30)31)8-19-25(13)9-16(12-29)28(24(32)18-4-3-5-35-18)11-14-7-17(33-2)22(26)23(34-19)21(14)25;1-13-7-15(26-31-3)9-19-24(13)10-16(12-28)27(23(29)18-5-4-6-33-18)11-14-8-17(30-2)21(25)22(32-19)20(14)24/h3-10,12,18,22,25,34H,11,13-17H2,1-2H3;3-5,7,13,16,19,29H,6,8-12H2,1-2H3,(H,30,31);4-6,8,13,16,19,28H,7,9-12H2,1-3H3/t18-,22+,25-,30+;13-,16+,19-,25+;13-,16+,19-,24+/m111/s1. The lowest BCUT2D eigenvalue weighted by Gasteiger charge is -2.45. The third-order valence-electron chi connectivity index (χ3n) is 23.5. The fraction of sp³-hybridized carbons (Fsp3) is 0.456. The van der Waals surface area contributed by atoms with Gasteiger partial charge in [-0.05, 0) is 179 Å². The second kappa shape index (κ2) is 31.5. The molecule has 9 aliphatic rings. The molecule has 3 fully saturated rings. The first-order valence-electron chi connectivity index (χ1n) is 35.8. The monoisotopic (exact) mass is 1710 g/mol. The minimum atomic E-state index is -0.964. The van der Waals surface area contributed by atoms with Crippen LogP contribution >= 0.6 is 81.8 Å². The summed E-state index contributed by atoms with van der Waals surface area (Å²) in [5.41, 5.74) is 8.87. The lowest BCUT2D eigenvalue weighted by Crippen LogP contribution is -2.53. The topological polar surface area (TPSA) is 270 Å². The molecule has 566 valence electrons. The molecule has 3 amide bonds. The van der Waals surface area contributed by atoms with Gasteiger partial charge >= 0.3 is 5.97 Å². The normalized spacial score (nSPS) is 27.8. The van der Waals surface area contributed by atoms with E-state index in [1.54, 1.807) is 33.3 Å². The van der Waals surface area contributed by atoms with Crippen molar-refractivity contribution in [2.24, 2.45) is 33.1 Å². The zero-order valence-corrected chi connectivity index (χ0v) is 67.5. The Morgan fingerprint density at radius 1 is 0.505 bits per heavy atom. The van der Waals surface area contributed by atoms with Crippen LogP contribution in [0.4, 0.5) is 0 Å². The summed E-state index contributed by atoms with van der Waals surface area (Å²) in [4.78, 5) is 74.5. The van der Waals surface area contributed by atoms with Crippen molar-refractivity contribution in [3.63, 3.8) is 0 Å². The van der Waals surface area contributed by atoms with E-state index >= 15 is 0 Å². The number of oxime groups is 2. The molecule has 0 unspecified atom stereocenters. The third-order valence-corrected chi connectivity index (χ3v) is 28.3. The molecule has 28 heteroatoms. The largest absolute Gasteiger partial charge is 0.495 e. The molecule has 0 radical (unpaired) electrons. The van der Waals surface area contributed by atoms with Crippen LogP contribution in [-0.4, -0.2) is 167 Å². The number of carbonyl (C=O) groups excluding carboxylic acids is 3. The van der Waals surface area contributed by atoms with Crippen LogP contribution in [0.2, 0.25) is 0 Å². The summed E-state index contributed by atoms with van der Waals surface area (Å²) in [6.45, 7) is 7.41. The number of carboxylic acid groups (broad SMARTS) is 1. The molecule has 0 saturated heterocycles. The summed E-state index contributed by atoms with van der Waals surface area (Å²) >= 11 is 15.3. The van der Waals surface area contributed by atoms with Crippen molar-refractivity contribution in [1.29, 1.82) is 0 Å². The molecule has 3 aromatic heterocycles. The smallest absolute Gasteiger partial charge is 0.325 e. The third kappa shape index (κ3) is 13.5. The minimum Gasteiger partial charge on any atom is -0.495 e. The van der Waals surface area contributed by atoms with Crippen molar-refractivity contribution in [3.8, 4) is 34.5 Å². The summed E-state index contributed by atoms with van der Waals surface area (Å²) in [6.07, 6.45) is 4.98. The molecule has 16 rings (SSSR count). The minimum absolute atomic E-state index is 0.0555. The summed E-state index contributed by atoms with van der Waals surface area (Å²) in [5.74, 6) is 3.40. The highest BCUT2D eigenvalue weighted by molar-refractivity contribution is 9.11. The maximum absolute atomic E-state index is 13.7. The number of halogens is 3. The van der Waals surface area contributed by atoms with E-state index in [0.29, 0.717) is 109 Å². The van der Waals surface area contributed by atoms with E-state index in [1.807, 2.05) is 111 Å². The summed E-state index contributed by atoms with van der Waals surface area (Å²) < 4.78 is 39.2. The molecule has 22 nitrogen and oxygen atoms in total. The Morgan fingerprint density at radius 3 is 1.19 bits per heavy atom. The quantitative estimate of drug-likeness (QED) is 0.0695. The fourth-order valence-corrected chi connectivity index (χ4v) is 22.4. The number of hydrogen-bond donors (Lipinski definition) is 4. The number of benzene rings is 4. The first kappa shape index (κ1) is 76.4. The molecule has 107 heavy (non-hydrogen) atoms. The lowest BCUT2D eigenvalue weighted by molar-refractivity contribution is -0.135. The van der Waals surface area contributed by atoms with Crippen LogP contribution in [0, 0.1) is 17.8 Å². The number of ether oxygens (including phenoxy) is 6. The zero-order chi connectivity index (χ0) is 75.4. The van der Waals surface area contributed by atoms with Gasteiger partial charge in [-0.2, -0.15) is 0 Å². The average Bonchev–Trinajstić information content (AvgIpc) is 1.56. The van der Waals surface area contributed by atoms with Gasteiger partial charge in [-0.1, -0.05) is 79.6 Å². The molecule has 4 aromatic carbocycles. The number of aliphatic hydroxyl groups is 3. The molecule has 7 aromatic rings. The number of aliphatic carboxylic acids is 1. The number of aliphatic imine (C=N–C) groups is 1. The van der Waals surface area contributed by atoms with Gasteiger partial charge in [-0.25, -0.2) is 0 Å². The second-order valence-electron chi connectivity index (χ2n) is 29.0. The SMILES string of the molecule is CON=C1C[C@@H](C)[C@]23C[C@@H](CO)N(C(=O)c4cccs4)Cc4cc(OC)c(Br)c(c42)O[C@@H]3C1.COc1cc2c3c(c1Br)O[C@@H]1CC(=NCC(=O)O)C[C@@H](C)[C@]31C[C@@H](CO)N(C(=O)c1cccs1)C2.COc1cc2c3c(c1Br)O[C@@H]1CC(=NOCc4ccccc4)C[C@@H](C)[C@]31C[C@@H](CO)N(C(=O)c1cccs1)C2. The number of amides is 3. The molecule has 4 N–H and O–H groups in total. The first-order valence-corrected chi connectivity index (χ1v) is 40.8. The number of methoxy groups -OCH3 is 3. The van der Waals surface area contributed by atoms with Crippen LogP contribution in [0.1, 0.15) is 147 Å². The maximum Gasteiger partial charge on any atom is 0.325 e. The van der Waals surface area contributed by atoms with E-state index < -0.39 is 22.8 Å². The Bertz CT molecular complexity index is 4600. The van der Waals surface area contributed by atoms with Gasteiger partial charge in [0.25, 0.3) is 17.7 Å². The number of rotatable bonds is 15. The van der Waals surface area contributed by atoms with Crippen molar-refractivity contribution in [3.05, 3.63) is 168 Å². The highest BCUT2D eigenvalue weighted by Gasteiger charge is 2.63. The summed E-state index contributed by atoms with van der Waals surface area (Å²) in [7, 11) is 6.42. The molecule has 3 aliphatic carbocycles. The van der Waals surface area contributed by atoms with E-state index in [2.05, 4.69) is 83.9 Å². The molecule has 0 bridgehead atoms. The Balaban J connectivity index is 0.000000135. The molecule has 9 heterocycles. The van der Waals surface area contributed by atoms with Crippen LogP contribution in [0.5, 0.6) is 34.5 Å². The van der Waals surface area contributed by atoms with Crippen molar-refractivity contribution < 1.29 is 77.7 Å². The first-order chi connectivity index (χ1) is 51.7. The number of hydrogen-bond acceptors (Lipinski definition) is 21. The highest BCUT2D eigenvalue weighted by atomic mass is 79.9. The van der Waals surface area contributed by atoms with Crippen LogP contribution in [0.25, 0.3) is 0 Å². The number of carboxylic acids is 1. The van der Waals surface area contributed by atoms with E-state index in [1.165, 1.54) is 34.0 Å². The van der Waals surface area contributed by atoms with E-state index in [4.69, 9.17) is 43.2 Å². The number of thiophene rings is 3. The van der Waals surface area contributed by atoms with Gasteiger partial charge in [-0.15, -0.1) is 34.0 Å². The van der Waals surface area contributed by atoms with Crippen molar-refractivity contribution in [1.82, 2.24) is 14.7 Å². The Kier molecular flexibility index (Phi) is 22.5. The van der Waals surface area contributed by atoms with Crippen molar-refractivity contribution in [2.75, 3.05) is 54.8 Å². The molecular formula is C79H85Br3N6O16S3. The molecule has 3 spiro atoms. The highest BCUT2D eigenvalue weighted by Crippen LogP contribution is 2.65. The van der Waals surface area contributed by atoms with Gasteiger partial charge in [0.05, 0.1) is 85.3 Å². The average molecular weight is 1710 g/mol. The predicted octanol–water partition coefficient (Wildman–Crippen LogP) is 14.2. The van der Waals surface area contributed by atoms with Crippen LogP contribution in [-0.2, 0) is 57.0 Å². The van der Waals surface area contributed by atoms with Gasteiger partial charge in [-0.3, -0.25) is 24.2 Å². The van der Waals surface area contributed by atoms with Gasteiger partial charge in [0.1, 0.15) is 86.5 Å². The van der Waals surface area contributed by atoms with E-state index in [0.717, 1.165) is 93.8 Å². The van der Waals surface area contributed by atoms with Gasteiger partial charge < -0.3 is 73.2 Å². The number of aliphatic hydroxyl groups excluding tert-OH is 3. The van der Waals surface area contributed by atoms with Crippen LogP contribution in [0.3, 0.4) is 0 Å². The molecule has 3 saturated carbocycles. The molecular weight excluding hydrogens is 1620 g/mol. The van der Waals surface area contributed by atoms with Crippen LogP contribution in [0.15, 0.2) is 130 Å². The van der Waals surface area contributed by atoms with Crippen molar-refractivity contribution >= 4 is 123 Å². The predicted molar refractivity (Wildman–Crippen MR) is 418 cm³/mol. The van der Waals surface area contributed by atoms with Gasteiger partial charge in [0.2, 0.25) is 0 Å². The van der Waals surface area contributed by atoms with Gasteiger partial charge in [0.15, 0.2) is 0 Å². The summed E-state index contributed by atoms with van der Waals surface area (Å²) in [5, 5.41) is 55.2. The van der Waals surface area contributed by atoms with Gasteiger partial charge in [0, 0.05) is 77.5 Å².